The average molecular weight is 165 g/mol. The first-order valence-electron chi connectivity index (χ1n) is 4.20. The van der Waals surface area contributed by atoms with E-state index in [1.807, 2.05) is 0 Å². The van der Waals surface area contributed by atoms with Gasteiger partial charge < -0.3 is 11.5 Å². The summed E-state index contributed by atoms with van der Waals surface area (Å²) in [4.78, 5) is 3.92. The lowest BCUT2D eigenvalue weighted by Gasteiger charge is -2.04. The van der Waals surface area contributed by atoms with Crippen LogP contribution >= 0.6 is 0 Å². The lowest BCUT2D eigenvalue weighted by Crippen LogP contribution is -2.22. The number of nitrogens with two attached hydrogens (primary N) is 2. The molecule has 3 nitrogen and oxygen atoms in total. The highest BCUT2D eigenvalue weighted by molar-refractivity contribution is 5.75. The molecule has 0 heterocycles. The second-order valence-corrected chi connectivity index (χ2v) is 2.82. The van der Waals surface area contributed by atoms with E-state index in [2.05, 4.69) is 23.2 Å². The second kappa shape index (κ2) is 4.59. The number of hydrogen-bond acceptors (Lipinski definition) is 1. The van der Waals surface area contributed by atoms with Crippen molar-refractivity contribution in [1.29, 1.82) is 0 Å². The Bertz CT molecular complexity index is 222. The average Bonchev–Trinajstić information content (AvgIpc) is 2.05. The zero-order valence-electron chi connectivity index (χ0n) is 7.16. The lowest BCUT2D eigenvalue weighted by atomic mass is 10.0. The molecule has 0 amide bonds. The molecule has 0 saturated carbocycles. The zero-order valence-corrected chi connectivity index (χ0v) is 7.16. The molecule has 0 bridgehead atoms. The van der Waals surface area contributed by atoms with Crippen LogP contribution in [0.4, 0.5) is 0 Å². The van der Waals surface area contributed by atoms with E-state index in [1.54, 1.807) is 0 Å². The molecule has 66 valence electrons. The van der Waals surface area contributed by atoms with Gasteiger partial charge in [0.1, 0.15) is 0 Å². The van der Waals surface area contributed by atoms with Crippen molar-refractivity contribution >= 4 is 5.96 Å². The minimum absolute atomic E-state index is 0.176. The van der Waals surface area contributed by atoms with Gasteiger partial charge in [0.2, 0.25) is 0 Å². The summed E-state index contributed by atoms with van der Waals surface area (Å²) in [5.41, 5.74) is 11.7. The van der Waals surface area contributed by atoms with Crippen molar-refractivity contribution in [3.63, 3.8) is 0 Å². The molecule has 1 aliphatic rings. The van der Waals surface area contributed by atoms with Crippen LogP contribution in [0.15, 0.2) is 28.8 Å². The third-order valence-corrected chi connectivity index (χ3v) is 1.77. The molecule has 0 unspecified atom stereocenters. The van der Waals surface area contributed by atoms with E-state index in [0.717, 1.165) is 19.3 Å². The van der Waals surface area contributed by atoms with Crippen LogP contribution in [-0.4, -0.2) is 12.5 Å². The van der Waals surface area contributed by atoms with Gasteiger partial charge in [0, 0.05) is 6.54 Å². The van der Waals surface area contributed by atoms with Crippen LogP contribution in [0.1, 0.15) is 19.3 Å². The van der Waals surface area contributed by atoms with Crippen molar-refractivity contribution in [3.8, 4) is 0 Å². The fourth-order valence-electron chi connectivity index (χ4n) is 1.17. The summed E-state index contributed by atoms with van der Waals surface area (Å²) in [6, 6.07) is 0. The molecule has 1 aliphatic carbocycles. The van der Waals surface area contributed by atoms with Crippen LogP contribution in [0.2, 0.25) is 0 Å². The van der Waals surface area contributed by atoms with Gasteiger partial charge in [-0.3, -0.25) is 4.99 Å². The Morgan fingerprint density at radius 3 is 2.83 bits per heavy atom. The highest BCUT2D eigenvalue weighted by Gasteiger charge is 1.95. The van der Waals surface area contributed by atoms with E-state index >= 15 is 0 Å². The van der Waals surface area contributed by atoms with Crippen molar-refractivity contribution in [2.75, 3.05) is 6.54 Å². The standard InChI is InChI=1S/C9H15N3/c10-9(11)12-7-6-8-4-2-1-3-5-8/h2,4-5H,1,3,6-7H2,(H4,10,11,12). The SMILES string of the molecule is NC(N)=NCCC1=CCCC=C1. The normalized spacial score (nSPS) is 15.5. The van der Waals surface area contributed by atoms with Gasteiger partial charge in [-0.15, -0.1) is 0 Å². The summed E-state index contributed by atoms with van der Waals surface area (Å²) in [6.45, 7) is 0.693. The van der Waals surface area contributed by atoms with Gasteiger partial charge >= 0.3 is 0 Å². The predicted octanol–water partition coefficient (Wildman–Crippen LogP) is 0.926. The maximum atomic E-state index is 5.20. The summed E-state index contributed by atoms with van der Waals surface area (Å²) in [5.74, 6) is 0.176. The van der Waals surface area contributed by atoms with E-state index in [1.165, 1.54) is 5.57 Å². The molecule has 3 heteroatoms. The molecule has 0 saturated heterocycles. The number of hydrogen-bond donors (Lipinski definition) is 2. The number of nitrogens with zero attached hydrogens (tertiary/aromatic N) is 1. The largest absolute Gasteiger partial charge is 0.370 e. The molecule has 0 spiro atoms. The lowest BCUT2D eigenvalue weighted by molar-refractivity contribution is 0.924. The Hall–Kier alpha value is -1.25. The Labute approximate surface area is 72.8 Å². The molecular formula is C9H15N3. The second-order valence-electron chi connectivity index (χ2n) is 2.82. The molecule has 12 heavy (non-hydrogen) atoms. The summed E-state index contributed by atoms with van der Waals surface area (Å²) >= 11 is 0. The number of aliphatic imine (C=N–C) groups is 1. The third kappa shape index (κ3) is 3.23. The van der Waals surface area contributed by atoms with Crippen LogP contribution in [0.25, 0.3) is 0 Å². The van der Waals surface area contributed by atoms with Gasteiger partial charge in [0.15, 0.2) is 5.96 Å². The molecule has 0 aromatic carbocycles. The molecular weight excluding hydrogens is 150 g/mol. The Morgan fingerprint density at radius 2 is 2.25 bits per heavy atom. The molecule has 0 radical (unpaired) electrons. The Balaban J connectivity index is 2.27. The van der Waals surface area contributed by atoms with Gasteiger partial charge in [-0.1, -0.05) is 23.8 Å². The molecule has 0 fully saturated rings. The topological polar surface area (TPSA) is 64.4 Å². The summed E-state index contributed by atoms with van der Waals surface area (Å²) in [5, 5.41) is 0. The van der Waals surface area contributed by atoms with Crippen LogP contribution in [0.5, 0.6) is 0 Å². The molecule has 1 rings (SSSR count). The van der Waals surface area contributed by atoms with Gasteiger partial charge in [-0.05, 0) is 19.3 Å². The minimum atomic E-state index is 0.176. The quantitative estimate of drug-likeness (QED) is 0.482. The van der Waals surface area contributed by atoms with Crippen molar-refractivity contribution in [2.24, 2.45) is 16.5 Å². The van der Waals surface area contributed by atoms with Crippen molar-refractivity contribution in [1.82, 2.24) is 0 Å². The van der Waals surface area contributed by atoms with Crippen LogP contribution in [0, 0.1) is 0 Å². The van der Waals surface area contributed by atoms with E-state index in [0.29, 0.717) is 6.54 Å². The first-order chi connectivity index (χ1) is 5.79. The van der Waals surface area contributed by atoms with Crippen molar-refractivity contribution in [3.05, 3.63) is 23.8 Å². The number of guanidine groups is 1. The van der Waals surface area contributed by atoms with E-state index in [9.17, 15) is 0 Å². The smallest absolute Gasteiger partial charge is 0.185 e. The first kappa shape index (κ1) is 8.84. The molecule has 4 N–H and O–H groups in total. The Kier molecular flexibility index (Phi) is 3.38. The van der Waals surface area contributed by atoms with E-state index in [-0.39, 0.29) is 5.96 Å². The minimum Gasteiger partial charge on any atom is -0.370 e. The number of rotatable bonds is 3. The molecule has 0 atom stereocenters. The molecule has 0 aliphatic heterocycles. The monoisotopic (exact) mass is 165 g/mol. The highest BCUT2D eigenvalue weighted by atomic mass is 15.0. The van der Waals surface area contributed by atoms with Crippen molar-refractivity contribution < 1.29 is 0 Å². The zero-order chi connectivity index (χ0) is 8.81. The van der Waals surface area contributed by atoms with Gasteiger partial charge in [-0.2, -0.15) is 0 Å². The van der Waals surface area contributed by atoms with Crippen LogP contribution < -0.4 is 11.5 Å². The maximum Gasteiger partial charge on any atom is 0.185 e. The highest BCUT2D eigenvalue weighted by Crippen LogP contribution is 2.12. The third-order valence-electron chi connectivity index (χ3n) is 1.77. The van der Waals surface area contributed by atoms with E-state index < -0.39 is 0 Å². The fourth-order valence-corrected chi connectivity index (χ4v) is 1.17. The molecule has 0 aromatic rings. The fraction of sp³-hybridized carbons (Fsp3) is 0.444. The van der Waals surface area contributed by atoms with E-state index in [4.69, 9.17) is 11.5 Å². The number of allylic oxidation sites excluding steroid dienone is 3. The summed E-state index contributed by atoms with van der Waals surface area (Å²) in [6.07, 6.45) is 9.81. The summed E-state index contributed by atoms with van der Waals surface area (Å²) in [7, 11) is 0. The first-order valence-corrected chi connectivity index (χ1v) is 4.20. The van der Waals surface area contributed by atoms with Gasteiger partial charge in [-0.25, -0.2) is 0 Å². The van der Waals surface area contributed by atoms with Crippen molar-refractivity contribution in [2.45, 2.75) is 19.3 Å². The maximum absolute atomic E-state index is 5.20. The van der Waals surface area contributed by atoms with Gasteiger partial charge in [0.25, 0.3) is 0 Å². The molecule has 0 aromatic heterocycles. The van der Waals surface area contributed by atoms with Crippen LogP contribution in [0.3, 0.4) is 0 Å². The van der Waals surface area contributed by atoms with Gasteiger partial charge in [0.05, 0.1) is 0 Å². The van der Waals surface area contributed by atoms with Crippen LogP contribution in [-0.2, 0) is 0 Å². The Morgan fingerprint density at radius 1 is 1.42 bits per heavy atom. The summed E-state index contributed by atoms with van der Waals surface area (Å²) < 4.78 is 0. The predicted molar refractivity (Wildman–Crippen MR) is 51.8 cm³/mol.